The average molecular weight is 437 g/mol. The number of hydrogen-bond acceptors (Lipinski definition) is 7. The molecule has 0 saturated heterocycles. The second-order valence-corrected chi connectivity index (χ2v) is 8.31. The summed E-state index contributed by atoms with van der Waals surface area (Å²) in [4.78, 5) is 27.4. The van der Waals surface area contributed by atoms with E-state index in [0.29, 0.717) is 12.2 Å². The molecule has 0 saturated carbocycles. The average Bonchev–Trinajstić information content (AvgIpc) is 3.29. The molecular weight excluding hydrogens is 412 g/mol. The Kier molecular flexibility index (Phi) is 5.99. The van der Waals surface area contributed by atoms with Crippen LogP contribution in [-0.4, -0.2) is 34.1 Å². The molecule has 0 aliphatic carbocycles. The van der Waals surface area contributed by atoms with E-state index in [4.69, 9.17) is 4.74 Å². The lowest BCUT2D eigenvalue weighted by molar-refractivity contribution is -0.117. The number of aromatic nitrogens is 2. The number of hydrogen-bond donors (Lipinski definition) is 1. The molecule has 31 heavy (non-hydrogen) atoms. The number of esters is 1. The fourth-order valence-electron chi connectivity index (χ4n) is 4.05. The topological polar surface area (TPSA) is 84.4 Å². The van der Waals surface area contributed by atoms with E-state index in [1.165, 1.54) is 11.5 Å². The third kappa shape index (κ3) is 4.29. The standard InChI is InChI=1S/C23H24N4O3S/c1-4-30-23(29)17-7-10-21-19(12-17)20(11-14(2)27(21)15(3)28)25-18-8-5-16(6-9-18)22-13-24-26-31-22/h5-10,12-14,20,25H,4,11H2,1-3H3. The second-order valence-electron chi connectivity index (χ2n) is 7.52. The Morgan fingerprint density at radius 3 is 2.65 bits per heavy atom. The Bertz CT molecular complexity index is 1080. The van der Waals surface area contributed by atoms with E-state index < -0.39 is 0 Å². The van der Waals surface area contributed by atoms with Gasteiger partial charge < -0.3 is 15.0 Å². The van der Waals surface area contributed by atoms with Gasteiger partial charge in [0.25, 0.3) is 0 Å². The van der Waals surface area contributed by atoms with E-state index in [-0.39, 0.29) is 24.0 Å². The van der Waals surface area contributed by atoms with Crippen LogP contribution in [0.2, 0.25) is 0 Å². The summed E-state index contributed by atoms with van der Waals surface area (Å²) in [5.41, 5.74) is 4.24. The van der Waals surface area contributed by atoms with Crippen LogP contribution >= 0.6 is 11.5 Å². The van der Waals surface area contributed by atoms with Crippen molar-refractivity contribution in [2.24, 2.45) is 0 Å². The lowest BCUT2D eigenvalue weighted by Crippen LogP contribution is -2.43. The van der Waals surface area contributed by atoms with E-state index in [1.54, 1.807) is 31.0 Å². The minimum Gasteiger partial charge on any atom is -0.462 e. The largest absolute Gasteiger partial charge is 0.462 e. The van der Waals surface area contributed by atoms with Crippen molar-refractivity contribution in [2.75, 3.05) is 16.8 Å². The first kappa shape index (κ1) is 21.0. The quantitative estimate of drug-likeness (QED) is 0.585. The normalized spacial score (nSPS) is 17.7. The lowest BCUT2D eigenvalue weighted by atomic mass is 9.90. The van der Waals surface area contributed by atoms with Crippen LogP contribution < -0.4 is 10.2 Å². The van der Waals surface area contributed by atoms with Gasteiger partial charge in [-0.3, -0.25) is 4.79 Å². The highest BCUT2D eigenvalue weighted by atomic mass is 32.1. The highest BCUT2D eigenvalue weighted by molar-refractivity contribution is 7.09. The van der Waals surface area contributed by atoms with Crippen molar-refractivity contribution in [2.45, 2.75) is 39.3 Å². The van der Waals surface area contributed by atoms with Crippen molar-refractivity contribution in [3.8, 4) is 10.4 Å². The molecule has 160 valence electrons. The molecule has 0 radical (unpaired) electrons. The van der Waals surface area contributed by atoms with E-state index in [9.17, 15) is 9.59 Å². The van der Waals surface area contributed by atoms with Gasteiger partial charge in [-0.25, -0.2) is 4.79 Å². The van der Waals surface area contributed by atoms with Crippen LogP contribution in [0.5, 0.6) is 0 Å². The minimum absolute atomic E-state index is 0.0152. The first-order chi connectivity index (χ1) is 15.0. The number of amides is 1. The summed E-state index contributed by atoms with van der Waals surface area (Å²) in [6, 6.07) is 13.5. The fourth-order valence-corrected chi connectivity index (χ4v) is 4.57. The molecule has 1 aliphatic heterocycles. The summed E-state index contributed by atoms with van der Waals surface area (Å²) in [5.74, 6) is -0.377. The van der Waals surface area contributed by atoms with E-state index in [0.717, 1.165) is 33.8 Å². The predicted molar refractivity (Wildman–Crippen MR) is 121 cm³/mol. The maximum absolute atomic E-state index is 12.3. The highest BCUT2D eigenvalue weighted by Gasteiger charge is 2.33. The van der Waals surface area contributed by atoms with E-state index in [2.05, 4.69) is 14.9 Å². The maximum atomic E-state index is 12.3. The Hall–Kier alpha value is -3.26. The van der Waals surface area contributed by atoms with Crippen LogP contribution in [0.25, 0.3) is 10.4 Å². The number of anilines is 2. The number of nitrogens with one attached hydrogen (secondary N) is 1. The van der Waals surface area contributed by atoms with Gasteiger partial charge in [-0.2, -0.15) is 0 Å². The van der Waals surface area contributed by atoms with Crippen molar-refractivity contribution >= 4 is 34.8 Å². The molecule has 1 aliphatic rings. The number of carbonyl (C=O) groups excluding carboxylic acids is 2. The molecule has 8 heteroatoms. The van der Waals surface area contributed by atoms with Crippen LogP contribution in [0, 0.1) is 0 Å². The van der Waals surface area contributed by atoms with Crippen LogP contribution in [-0.2, 0) is 9.53 Å². The predicted octanol–water partition coefficient (Wildman–Crippen LogP) is 4.68. The zero-order valence-electron chi connectivity index (χ0n) is 17.7. The SMILES string of the molecule is CCOC(=O)c1ccc2c(c1)C(Nc1ccc(-c3cnns3)cc1)CC(C)N2C(C)=O. The van der Waals surface area contributed by atoms with Crippen LogP contribution in [0.3, 0.4) is 0 Å². The Morgan fingerprint density at radius 1 is 1.23 bits per heavy atom. The van der Waals surface area contributed by atoms with E-state index in [1.807, 2.05) is 43.3 Å². The zero-order valence-corrected chi connectivity index (χ0v) is 18.5. The Morgan fingerprint density at radius 2 is 2.00 bits per heavy atom. The van der Waals surface area contributed by atoms with Gasteiger partial charge in [0.05, 0.1) is 29.3 Å². The monoisotopic (exact) mass is 436 g/mol. The summed E-state index contributed by atoms with van der Waals surface area (Å²) in [6.07, 6.45) is 2.47. The third-order valence-electron chi connectivity index (χ3n) is 5.40. The van der Waals surface area contributed by atoms with Crippen LogP contribution in [0.1, 0.15) is 49.2 Å². The zero-order chi connectivity index (χ0) is 22.0. The summed E-state index contributed by atoms with van der Waals surface area (Å²) >= 11 is 1.36. The molecule has 1 aromatic heterocycles. The number of ether oxygens (including phenoxy) is 1. The van der Waals surface area contributed by atoms with Gasteiger partial charge in [0.15, 0.2) is 0 Å². The maximum Gasteiger partial charge on any atom is 0.338 e. The third-order valence-corrected chi connectivity index (χ3v) is 6.12. The lowest BCUT2D eigenvalue weighted by Gasteiger charge is -2.39. The molecule has 4 rings (SSSR count). The number of rotatable bonds is 5. The number of carbonyl (C=O) groups is 2. The van der Waals surface area contributed by atoms with Gasteiger partial charge in [-0.1, -0.05) is 16.6 Å². The summed E-state index contributed by atoms with van der Waals surface area (Å²) in [5, 5.41) is 7.47. The van der Waals surface area contributed by atoms with Crippen molar-refractivity contribution < 1.29 is 14.3 Å². The molecule has 1 N–H and O–H groups in total. The second kappa shape index (κ2) is 8.85. The summed E-state index contributed by atoms with van der Waals surface area (Å²) in [7, 11) is 0. The van der Waals surface area contributed by atoms with Gasteiger partial charge in [-0.05, 0) is 73.3 Å². The van der Waals surface area contributed by atoms with Crippen molar-refractivity contribution in [3.63, 3.8) is 0 Å². The molecule has 7 nitrogen and oxygen atoms in total. The van der Waals surface area contributed by atoms with Gasteiger partial charge in [-0.15, -0.1) is 5.10 Å². The number of benzene rings is 2. The minimum atomic E-state index is -0.362. The number of nitrogens with zero attached hydrogens (tertiary/aromatic N) is 3. The van der Waals surface area contributed by atoms with Gasteiger partial charge in [0, 0.05) is 24.3 Å². The number of fused-ring (bicyclic) bond motifs is 1. The molecule has 2 heterocycles. The van der Waals surface area contributed by atoms with Crippen LogP contribution in [0.15, 0.2) is 48.7 Å². The first-order valence-electron chi connectivity index (χ1n) is 10.2. The Balaban J connectivity index is 1.66. The van der Waals surface area contributed by atoms with E-state index >= 15 is 0 Å². The van der Waals surface area contributed by atoms with Crippen LogP contribution in [0.4, 0.5) is 11.4 Å². The molecule has 2 unspecified atom stereocenters. The van der Waals surface area contributed by atoms with Gasteiger partial charge >= 0.3 is 5.97 Å². The summed E-state index contributed by atoms with van der Waals surface area (Å²) in [6.45, 7) is 5.71. The molecule has 1 amide bonds. The molecule has 0 fully saturated rings. The molecule has 2 aromatic carbocycles. The molecule has 3 aromatic rings. The highest BCUT2D eigenvalue weighted by Crippen LogP contribution is 2.40. The first-order valence-corrected chi connectivity index (χ1v) is 11.0. The fraction of sp³-hybridized carbons (Fsp3) is 0.304. The Labute approximate surface area is 185 Å². The van der Waals surface area contributed by atoms with Crippen molar-refractivity contribution in [1.29, 1.82) is 0 Å². The van der Waals surface area contributed by atoms with Gasteiger partial charge in [0.2, 0.25) is 5.91 Å². The molecule has 2 atom stereocenters. The van der Waals surface area contributed by atoms with Crippen molar-refractivity contribution in [1.82, 2.24) is 9.59 Å². The van der Waals surface area contributed by atoms with Crippen molar-refractivity contribution in [3.05, 3.63) is 59.8 Å². The smallest absolute Gasteiger partial charge is 0.338 e. The molecule has 0 bridgehead atoms. The van der Waals surface area contributed by atoms with Gasteiger partial charge in [0.1, 0.15) is 0 Å². The molecule has 0 spiro atoms. The molecular formula is C23H24N4O3S. The summed E-state index contributed by atoms with van der Waals surface area (Å²) < 4.78 is 9.08.